The molecule has 0 atom stereocenters. The van der Waals surface area contributed by atoms with Crippen LogP contribution in [-0.4, -0.2) is 24.3 Å². The summed E-state index contributed by atoms with van der Waals surface area (Å²) in [6.45, 7) is 8.75. The molecule has 0 aliphatic rings. The fourth-order valence-corrected chi connectivity index (χ4v) is 4.08. The van der Waals surface area contributed by atoms with Crippen LogP contribution in [0.15, 0.2) is 30.7 Å². The minimum atomic E-state index is -0.126. The summed E-state index contributed by atoms with van der Waals surface area (Å²) < 4.78 is 5.82. The standard InChI is InChI=1S/C19H21N5S/c1-11(2)14-7-15-18(23-14)21-9-12(22-15)8-19(3,4)17-13-5-6-20-10-16(13)25-24-17/h5-7,9-11H,8H2,1-4H3,(H,21,23). The van der Waals surface area contributed by atoms with Gasteiger partial charge in [-0.3, -0.25) is 4.98 Å². The molecule has 0 saturated heterocycles. The van der Waals surface area contributed by atoms with Crippen molar-refractivity contribution >= 4 is 32.8 Å². The van der Waals surface area contributed by atoms with Crippen LogP contribution in [-0.2, 0) is 11.8 Å². The second kappa shape index (κ2) is 5.88. The van der Waals surface area contributed by atoms with E-state index < -0.39 is 0 Å². The maximum Gasteiger partial charge on any atom is 0.156 e. The Morgan fingerprint density at radius 1 is 1.24 bits per heavy atom. The molecular formula is C19H21N5S. The van der Waals surface area contributed by atoms with Gasteiger partial charge in [-0.05, 0) is 29.6 Å². The molecule has 0 amide bonds. The molecular weight excluding hydrogens is 330 g/mol. The van der Waals surface area contributed by atoms with Crippen LogP contribution in [0.2, 0.25) is 0 Å². The number of nitrogens with zero attached hydrogens (tertiary/aromatic N) is 4. The first-order chi connectivity index (χ1) is 11.9. The van der Waals surface area contributed by atoms with Crippen molar-refractivity contribution in [2.24, 2.45) is 0 Å². The van der Waals surface area contributed by atoms with E-state index in [0.717, 1.165) is 33.7 Å². The molecule has 0 aromatic carbocycles. The molecule has 25 heavy (non-hydrogen) atoms. The fourth-order valence-electron chi connectivity index (χ4n) is 3.17. The highest BCUT2D eigenvalue weighted by Gasteiger charge is 2.27. The number of pyridine rings is 1. The molecule has 4 heterocycles. The molecule has 0 bridgehead atoms. The van der Waals surface area contributed by atoms with Crippen LogP contribution in [0, 0.1) is 0 Å². The van der Waals surface area contributed by atoms with Crippen LogP contribution in [0.4, 0.5) is 0 Å². The third-order valence-electron chi connectivity index (χ3n) is 4.57. The van der Waals surface area contributed by atoms with Crippen molar-refractivity contribution < 1.29 is 0 Å². The largest absolute Gasteiger partial charge is 0.342 e. The Morgan fingerprint density at radius 2 is 2.08 bits per heavy atom. The molecule has 0 aliphatic carbocycles. The molecule has 6 heteroatoms. The van der Waals surface area contributed by atoms with Crippen LogP contribution in [0.5, 0.6) is 0 Å². The molecule has 4 aromatic heterocycles. The quantitative estimate of drug-likeness (QED) is 0.583. The Bertz CT molecular complexity index is 1040. The minimum Gasteiger partial charge on any atom is -0.342 e. The molecule has 0 aliphatic heterocycles. The van der Waals surface area contributed by atoms with Crippen molar-refractivity contribution in [1.29, 1.82) is 0 Å². The average molecular weight is 351 g/mol. The SMILES string of the molecule is CC(C)c1cc2nc(CC(C)(C)c3nsc4cnccc34)cnc2[nH]1. The summed E-state index contributed by atoms with van der Waals surface area (Å²) in [6.07, 6.45) is 6.38. The molecule has 4 aromatic rings. The van der Waals surface area contributed by atoms with Gasteiger partial charge in [-0.15, -0.1) is 0 Å². The summed E-state index contributed by atoms with van der Waals surface area (Å²) in [7, 11) is 0. The maximum absolute atomic E-state index is 4.82. The van der Waals surface area contributed by atoms with Gasteiger partial charge in [0, 0.05) is 35.3 Å². The van der Waals surface area contributed by atoms with Gasteiger partial charge in [0.05, 0.1) is 22.3 Å². The Hall–Kier alpha value is -2.34. The number of hydrogen-bond acceptors (Lipinski definition) is 5. The lowest BCUT2D eigenvalue weighted by atomic mass is 9.83. The lowest BCUT2D eigenvalue weighted by molar-refractivity contribution is 0.508. The van der Waals surface area contributed by atoms with Gasteiger partial charge in [-0.25, -0.2) is 9.97 Å². The van der Waals surface area contributed by atoms with Crippen molar-refractivity contribution in [3.8, 4) is 0 Å². The minimum absolute atomic E-state index is 0.126. The zero-order valence-corrected chi connectivity index (χ0v) is 15.7. The Labute approximate surface area is 150 Å². The third-order valence-corrected chi connectivity index (χ3v) is 5.36. The summed E-state index contributed by atoms with van der Waals surface area (Å²) in [6, 6.07) is 4.15. The van der Waals surface area contributed by atoms with Crippen LogP contribution in [0.3, 0.4) is 0 Å². The van der Waals surface area contributed by atoms with Crippen LogP contribution in [0.25, 0.3) is 21.3 Å². The number of hydrogen-bond donors (Lipinski definition) is 1. The number of H-pyrrole nitrogens is 1. The van der Waals surface area contributed by atoms with E-state index in [0.29, 0.717) is 5.92 Å². The van der Waals surface area contributed by atoms with Gasteiger partial charge in [-0.2, -0.15) is 4.37 Å². The summed E-state index contributed by atoms with van der Waals surface area (Å²) in [4.78, 5) is 16.9. The van der Waals surface area contributed by atoms with Crippen LogP contribution >= 0.6 is 11.5 Å². The highest BCUT2D eigenvalue weighted by molar-refractivity contribution is 7.13. The van der Waals surface area contributed by atoms with Gasteiger partial charge in [0.15, 0.2) is 5.65 Å². The second-order valence-corrected chi connectivity index (χ2v) is 8.24. The lowest BCUT2D eigenvalue weighted by Gasteiger charge is -2.22. The Balaban J connectivity index is 1.69. The third kappa shape index (κ3) is 2.91. The normalized spacial score (nSPS) is 12.5. The predicted molar refractivity (Wildman–Crippen MR) is 102 cm³/mol. The molecule has 0 spiro atoms. The van der Waals surface area contributed by atoms with Gasteiger partial charge >= 0.3 is 0 Å². The zero-order chi connectivity index (χ0) is 17.6. The van der Waals surface area contributed by atoms with Crippen molar-refractivity contribution in [1.82, 2.24) is 24.3 Å². The molecule has 0 radical (unpaired) electrons. The number of rotatable bonds is 4. The molecule has 0 unspecified atom stereocenters. The highest BCUT2D eigenvalue weighted by atomic mass is 32.1. The number of fused-ring (bicyclic) bond motifs is 2. The maximum atomic E-state index is 4.82. The van der Waals surface area contributed by atoms with Gasteiger partial charge < -0.3 is 4.98 Å². The monoisotopic (exact) mass is 351 g/mol. The van der Waals surface area contributed by atoms with Crippen molar-refractivity contribution in [3.63, 3.8) is 0 Å². The van der Waals surface area contributed by atoms with Gasteiger partial charge in [0.25, 0.3) is 0 Å². The number of nitrogens with one attached hydrogen (secondary N) is 1. The van der Waals surface area contributed by atoms with Crippen molar-refractivity contribution in [3.05, 3.63) is 47.8 Å². The second-order valence-electron chi connectivity index (χ2n) is 7.44. The summed E-state index contributed by atoms with van der Waals surface area (Å²) >= 11 is 1.51. The van der Waals surface area contributed by atoms with Gasteiger partial charge in [0.2, 0.25) is 0 Å². The lowest BCUT2D eigenvalue weighted by Crippen LogP contribution is -2.22. The van der Waals surface area contributed by atoms with Crippen LogP contribution in [0.1, 0.15) is 50.7 Å². The summed E-state index contributed by atoms with van der Waals surface area (Å²) in [5.74, 6) is 0.436. The van der Waals surface area contributed by atoms with Gasteiger partial charge in [0.1, 0.15) is 5.52 Å². The average Bonchev–Trinajstić information content (AvgIpc) is 3.18. The first kappa shape index (κ1) is 16.1. The van der Waals surface area contributed by atoms with Crippen molar-refractivity contribution in [2.75, 3.05) is 0 Å². The smallest absolute Gasteiger partial charge is 0.156 e. The van der Waals surface area contributed by atoms with E-state index >= 15 is 0 Å². The fraction of sp³-hybridized carbons (Fsp3) is 0.368. The van der Waals surface area contributed by atoms with E-state index in [1.165, 1.54) is 22.6 Å². The highest BCUT2D eigenvalue weighted by Crippen LogP contribution is 2.34. The predicted octanol–water partition coefficient (Wildman–Crippen LogP) is 4.61. The molecule has 0 fully saturated rings. The Kier molecular flexibility index (Phi) is 3.80. The first-order valence-corrected chi connectivity index (χ1v) is 9.26. The number of aromatic amines is 1. The molecule has 1 N–H and O–H groups in total. The molecule has 5 nitrogen and oxygen atoms in total. The molecule has 0 saturated carbocycles. The summed E-state index contributed by atoms with van der Waals surface area (Å²) in [5.41, 5.74) is 4.93. The van der Waals surface area contributed by atoms with E-state index in [4.69, 9.17) is 9.36 Å². The van der Waals surface area contributed by atoms with Gasteiger partial charge in [-0.1, -0.05) is 27.7 Å². The Morgan fingerprint density at radius 3 is 2.88 bits per heavy atom. The van der Waals surface area contributed by atoms with E-state index in [1.807, 2.05) is 24.7 Å². The van der Waals surface area contributed by atoms with E-state index in [2.05, 4.69) is 48.7 Å². The van der Waals surface area contributed by atoms with E-state index in [-0.39, 0.29) is 5.41 Å². The van der Waals surface area contributed by atoms with E-state index in [9.17, 15) is 0 Å². The molecule has 4 rings (SSSR count). The number of aromatic nitrogens is 5. The molecule has 128 valence electrons. The van der Waals surface area contributed by atoms with Crippen LogP contribution < -0.4 is 0 Å². The topological polar surface area (TPSA) is 67.3 Å². The zero-order valence-electron chi connectivity index (χ0n) is 14.9. The summed E-state index contributed by atoms with van der Waals surface area (Å²) in [5, 5.41) is 1.18. The first-order valence-electron chi connectivity index (χ1n) is 8.48. The van der Waals surface area contributed by atoms with Crippen molar-refractivity contribution in [2.45, 2.75) is 45.4 Å². The van der Waals surface area contributed by atoms with E-state index in [1.54, 1.807) is 0 Å².